The van der Waals surface area contributed by atoms with Gasteiger partial charge in [-0.15, -0.1) is 0 Å². The molecule has 2 aromatic rings. The number of ether oxygens (including phenoxy) is 3. The Labute approximate surface area is 150 Å². The fraction of sp³-hybridized carbons (Fsp3) is 0.444. The van der Waals surface area contributed by atoms with Crippen LogP contribution < -0.4 is 11.2 Å². The van der Waals surface area contributed by atoms with Crippen molar-refractivity contribution in [2.75, 3.05) is 13.7 Å². The largest absolute Gasteiger partial charge is 0.390 e. The van der Waals surface area contributed by atoms with Crippen molar-refractivity contribution in [2.24, 2.45) is 0 Å². The topological polar surface area (TPSA) is 103 Å². The van der Waals surface area contributed by atoms with Crippen LogP contribution in [-0.4, -0.2) is 40.6 Å². The molecule has 0 bridgehead atoms. The van der Waals surface area contributed by atoms with E-state index >= 15 is 0 Å². The summed E-state index contributed by atoms with van der Waals surface area (Å²) in [5.74, 6) is 0. The zero-order valence-corrected chi connectivity index (χ0v) is 14.6. The summed E-state index contributed by atoms with van der Waals surface area (Å²) in [7, 11) is 1.54. The van der Waals surface area contributed by atoms with Crippen molar-refractivity contribution in [3.8, 4) is 0 Å². The van der Waals surface area contributed by atoms with Crippen LogP contribution in [-0.2, 0) is 14.2 Å². The van der Waals surface area contributed by atoms with Gasteiger partial charge < -0.3 is 19.3 Å². The van der Waals surface area contributed by atoms with Crippen LogP contribution in [0.2, 0.25) is 0 Å². The first-order valence-corrected chi connectivity index (χ1v) is 8.34. The number of rotatable bonds is 6. The van der Waals surface area contributed by atoms with Gasteiger partial charge in [-0.1, -0.05) is 30.3 Å². The molecule has 2 heterocycles. The lowest BCUT2D eigenvalue weighted by Crippen LogP contribution is -2.33. The molecule has 140 valence electrons. The number of methoxy groups -OCH3 is 1. The zero-order chi connectivity index (χ0) is 18.7. The van der Waals surface area contributed by atoms with E-state index in [0.29, 0.717) is 5.56 Å². The van der Waals surface area contributed by atoms with Crippen molar-refractivity contribution in [3.05, 3.63) is 68.5 Å². The van der Waals surface area contributed by atoms with E-state index in [9.17, 15) is 14.7 Å². The maximum Gasteiger partial charge on any atom is 0.330 e. The Kier molecular flexibility index (Phi) is 5.67. The van der Waals surface area contributed by atoms with E-state index in [0.717, 1.165) is 5.56 Å². The zero-order valence-electron chi connectivity index (χ0n) is 14.6. The predicted molar refractivity (Wildman–Crippen MR) is 92.7 cm³/mol. The lowest BCUT2D eigenvalue weighted by atomic mass is 10.2. The number of aliphatic hydroxyl groups excluding tert-OH is 1. The molecule has 1 saturated heterocycles. The average molecular weight is 362 g/mol. The van der Waals surface area contributed by atoms with Gasteiger partial charge in [-0.25, -0.2) is 4.79 Å². The van der Waals surface area contributed by atoms with E-state index in [1.807, 2.05) is 30.3 Å². The van der Waals surface area contributed by atoms with E-state index in [1.165, 1.54) is 17.9 Å². The molecule has 0 amide bonds. The molecule has 8 heteroatoms. The molecule has 0 spiro atoms. The second-order valence-corrected chi connectivity index (χ2v) is 6.22. The first-order chi connectivity index (χ1) is 12.5. The van der Waals surface area contributed by atoms with Crippen molar-refractivity contribution in [1.82, 2.24) is 9.55 Å². The maximum atomic E-state index is 12.0. The summed E-state index contributed by atoms with van der Waals surface area (Å²) in [6, 6.07) is 9.42. The van der Waals surface area contributed by atoms with Crippen LogP contribution in [0, 0.1) is 6.92 Å². The highest BCUT2D eigenvalue weighted by atomic mass is 16.7. The van der Waals surface area contributed by atoms with Gasteiger partial charge in [-0.2, -0.15) is 0 Å². The van der Waals surface area contributed by atoms with Gasteiger partial charge in [0.25, 0.3) is 5.56 Å². The number of hydrogen-bond donors (Lipinski definition) is 2. The molecular weight excluding hydrogens is 340 g/mol. The molecule has 1 unspecified atom stereocenters. The Balaban J connectivity index is 1.67. The number of nitrogens with zero attached hydrogens (tertiary/aromatic N) is 1. The Hall–Kier alpha value is -2.26. The van der Waals surface area contributed by atoms with Crippen LogP contribution in [0.15, 0.2) is 46.1 Å². The number of aliphatic hydroxyl groups is 1. The first kappa shape index (κ1) is 18.5. The van der Waals surface area contributed by atoms with Crippen molar-refractivity contribution < 1.29 is 19.3 Å². The summed E-state index contributed by atoms with van der Waals surface area (Å²) in [6.07, 6.45) is -0.997. The van der Waals surface area contributed by atoms with Gasteiger partial charge in [-0.3, -0.25) is 14.3 Å². The summed E-state index contributed by atoms with van der Waals surface area (Å²) in [4.78, 5) is 25.7. The third-order valence-electron chi connectivity index (χ3n) is 4.36. The molecule has 26 heavy (non-hydrogen) atoms. The Morgan fingerprint density at radius 1 is 1.35 bits per heavy atom. The molecular formula is C18H22N2O6. The number of aryl methyl sites for hydroxylation is 1. The van der Waals surface area contributed by atoms with E-state index in [1.54, 1.807) is 6.92 Å². The molecule has 3 rings (SSSR count). The highest BCUT2D eigenvalue weighted by Gasteiger charge is 2.36. The molecule has 0 aliphatic carbocycles. The second-order valence-electron chi connectivity index (χ2n) is 6.22. The number of hydrogen-bond acceptors (Lipinski definition) is 6. The fourth-order valence-corrected chi connectivity index (χ4v) is 2.93. The first-order valence-electron chi connectivity index (χ1n) is 8.34. The average Bonchev–Trinajstić information content (AvgIpc) is 3.00. The lowest BCUT2D eigenvalue weighted by molar-refractivity contribution is -0.161. The van der Waals surface area contributed by atoms with Crippen LogP contribution in [0.25, 0.3) is 0 Å². The maximum absolute atomic E-state index is 12.0. The van der Waals surface area contributed by atoms with E-state index in [2.05, 4.69) is 4.98 Å². The summed E-state index contributed by atoms with van der Waals surface area (Å²) in [5, 5.41) is 10.3. The molecule has 4 atom stereocenters. The molecule has 0 saturated carbocycles. The summed E-state index contributed by atoms with van der Waals surface area (Å²) >= 11 is 0. The molecule has 1 aliphatic heterocycles. The van der Waals surface area contributed by atoms with E-state index < -0.39 is 36.0 Å². The van der Waals surface area contributed by atoms with Gasteiger partial charge in [0.15, 0.2) is 6.29 Å². The van der Waals surface area contributed by atoms with Gasteiger partial charge in [0.1, 0.15) is 12.3 Å². The minimum atomic E-state index is -0.799. The Morgan fingerprint density at radius 3 is 2.77 bits per heavy atom. The van der Waals surface area contributed by atoms with Crippen molar-refractivity contribution in [1.29, 1.82) is 0 Å². The van der Waals surface area contributed by atoms with Gasteiger partial charge in [0, 0.05) is 30.9 Å². The van der Waals surface area contributed by atoms with Crippen LogP contribution in [0.1, 0.15) is 30.1 Å². The normalized spacial score (nSPS) is 23.9. The fourth-order valence-electron chi connectivity index (χ4n) is 2.93. The van der Waals surface area contributed by atoms with Crippen molar-refractivity contribution in [2.45, 2.75) is 38.1 Å². The quantitative estimate of drug-likeness (QED) is 0.739. The summed E-state index contributed by atoms with van der Waals surface area (Å²) in [6.45, 7) is 1.70. The number of aromatic amines is 1. The molecule has 2 N–H and O–H groups in total. The smallest absolute Gasteiger partial charge is 0.330 e. The lowest BCUT2D eigenvalue weighted by Gasteiger charge is -2.21. The van der Waals surface area contributed by atoms with Crippen LogP contribution >= 0.6 is 0 Å². The minimum Gasteiger partial charge on any atom is -0.390 e. The van der Waals surface area contributed by atoms with Crippen LogP contribution in [0.5, 0.6) is 0 Å². The second kappa shape index (κ2) is 7.96. The molecule has 1 aromatic heterocycles. The Bertz CT molecular complexity index is 847. The third-order valence-corrected chi connectivity index (χ3v) is 4.36. The minimum absolute atomic E-state index is 0.0994. The van der Waals surface area contributed by atoms with Gasteiger partial charge in [0.2, 0.25) is 0 Å². The van der Waals surface area contributed by atoms with Crippen molar-refractivity contribution >= 4 is 0 Å². The molecule has 1 aromatic carbocycles. The predicted octanol–water partition coefficient (Wildman–Crippen LogP) is 0.855. The number of benzene rings is 1. The molecule has 1 aliphatic rings. The van der Waals surface area contributed by atoms with Crippen molar-refractivity contribution in [3.63, 3.8) is 0 Å². The van der Waals surface area contributed by atoms with Gasteiger partial charge >= 0.3 is 5.69 Å². The van der Waals surface area contributed by atoms with Crippen LogP contribution in [0.3, 0.4) is 0 Å². The summed E-state index contributed by atoms with van der Waals surface area (Å²) in [5.41, 5.74) is 0.242. The molecule has 8 nitrogen and oxygen atoms in total. The Morgan fingerprint density at radius 2 is 2.08 bits per heavy atom. The SMILES string of the molecule is COC(OC[C@H]1O[C@@H](n2cc(C)c(=O)[nH]c2=O)C[C@@H]1O)c1ccccc1. The standard InChI is InChI=1S/C18H22N2O6/c1-11-9-20(18(23)19-16(11)22)15-8-13(21)14(26-15)10-25-17(24-2)12-6-4-3-5-7-12/h3-7,9,13-15,17,21H,8,10H2,1-2H3,(H,19,22,23)/t13-,14+,15+,17?/m0/s1. The van der Waals surface area contributed by atoms with Crippen LogP contribution in [0.4, 0.5) is 0 Å². The monoisotopic (exact) mass is 362 g/mol. The highest BCUT2D eigenvalue weighted by molar-refractivity contribution is 5.15. The number of aromatic nitrogens is 2. The van der Waals surface area contributed by atoms with Gasteiger partial charge in [0.05, 0.1) is 12.7 Å². The molecule has 1 fully saturated rings. The van der Waals surface area contributed by atoms with E-state index in [-0.39, 0.29) is 13.0 Å². The number of nitrogens with one attached hydrogen (secondary N) is 1. The molecule has 0 radical (unpaired) electrons. The highest BCUT2D eigenvalue weighted by Crippen LogP contribution is 2.29. The van der Waals surface area contributed by atoms with E-state index in [4.69, 9.17) is 14.2 Å². The summed E-state index contributed by atoms with van der Waals surface area (Å²) < 4.78 is 18.1. The third kappa shape index (κ3) is 3.94. The van der Waals surface area contributed by atoms with Gasteiger partial charge in [-0.05, 0) is 6.92 Å². The number of H-pyrrole nitrogens is 1.